The van der Waals surface area contributed by atoms with E-state index in [9.17, 15) is 4.79 Å². The molecule has 0 saturated heterocycles. The Balaban J connectivity index is 2.21. The second kappa shape index (κ2) is 5.95. The van der Waals surface area contributed by atoms with Gasteiger partial charge in [0.05, 0.1) is 18.4 Å². The van der Waals surface area contributed by atoms with Crippen molar-refractivity contribution in [2.75, 3.05) is 12.4 Å². The highest BCUT2D eigenvalue weighted by Crippen LogP contribution is 2.31. The van der Waals surface area contributed by atoms with Crippen molar-refractivity contribution in [3.63, 3.8) is 0 Å². The third-order valence-corrected chi connectivity index (χ3v) is 3.90. The number of nitrogens with one attached hydrogen (secondary N) is 1. The van der Waals surface area contributed by atoms with Gasteiger partial charge in [0.1, 0.15) is 5.75 Å². The minimum atomic E-state index is -0.914. The number of rotatable bonds is 4. The minimum Gasteiger partial charge on any atom is -0.495 e. The van der Waals surface area contributed by atoms with Crippen LogP contribution in [0, 0.1) is 5.92 Å². The molecule has 0 radical (unpaired) electrons. The number of carboxylic acid groups (broad SMARTS) is 1. The first-order valence-corrected chi connectivity index (χ1v) is 6.79. The number of carbonyl (C=O) groups is 1. The quantitative estimate of drug-likeness (QED) is 0.874. The summed E-state index contributed by atoms with van der Waals surface area (Å²) in [6.45, 7) is 2.24. The van der Waals surface area contributed by atoms with E-state index in [2.05, 4.69) is 12.2 Å². The zero-order valence-electron chi connectivity index (χ0n) is 11.5. The van der Waals surface area contributed by atoms with Gasteiger partial charge >= 0.3 is 5.97 Å². The summed E-state index contributed by atoms with van der Waals surface area (Å²) in [5.74, 6) is 0.386. The van der Waals surface area contributed by atoms with Crippen molar-refractivity contribution in [2.45, 2.75) is 38.6 Å². The van der Waals surface area contributed by atoms with E-state index in [1.54, 1.807) is 25.3 Å². The number of benzene rings is 1. The van der Waals surface area contributed by atoms with E-state index in [4.69, 9.17) is 9.84 Å². The van der Waals surface area contributed by atoms with Crippen LogP contribution in [0.2, 0.25) is 0 Å². The molecule has 2 unspecified atom stereocenters. The Bertz CT molecular complexity index is 459. The minimum absolute atomic E-state index is 0.284. The van der Waals surface area contributed by atoms with Crippen LogP contribution >= 0.6 is 0 Å². The highest BCUT2D eigenvalue weighted by atomic mass is 16.5. The number of hydrogen-bond donors (Lipinski definition) is 2. The van der Waals surface area contributed by atoms with E-state index < -0.39 is 5.97 Å². The SMILES string of the molecule is COc1ccc(C(=O)O)cc1NC1CCCCC1C. The summed E-state index contributed by atoms with van der Waals surface area (Å²) in [5, 5.41) is 12.5. The molecule has 0 aliphatic heterocycles. The molecule has 1 fully saturated rings. The largest absolute Gasteiger partial charge is 0.495 e. The van der Waals surface area contributed by atoms with E-state index in [1.807, 2.05) is 0 Å². The molecule has 4 heteroatoms. The zero-order chi connectivity index (χ0) is 13.8. The summed E-state index contributed by atoms with van der Waals surface area (Å²) in [4.78, 5) is 11.0. The molecule has 1 aromatic rings. The summed E-state index contributed by atoms with van der Waals surface area (Å²) in [5.41, 5.74) is 1.06. The fourth-order valence-electron chi connectivity index (χ4n) is 2.68. The van der Waals surface area contributed by atoms with Crippen molar-refractivity contribution in [2.24, 2.45) is 5.92 Å². The third-order valence-electron chi connectivity index (χ3n) is 3.90. The standard InChI is InChI=1S/C15H21NO3/c1-10-5-3-4-6-12(10)16-13-9-11(15(17)18)7-8-14(13)19-2/h7-10,12,16H,3-6H2,1-2H3,(H,17,18). The van der Waals surface area contributed by atoms with Crippen LogP contribution in [0.3, 0.4) is 0 Å². The number of methoxy groups -OCH3 is 1. The lowest BCUT2D eigenvalue weighted by molar-refractivity contribution is 0.0697. The summed E-state index contributed by atoms with van der Waals surface area (Å²) in [7, 11) is 1.60. The molecule has 19 heavy (non-hydrogen) atoms. The normalized spacial score (nSPS) is 22.8. The Hall–Kier alpha value is -1.71. The average molecular weight is 263 g/mol. The van der Waals surface area contributed by atoms with Gasteiger partial charge in [-0.25, -0.2) is 4.79 Å². The predicted octanol–water partition coefficient (Wildman–Crippen LogP) is 3.38. The van der Waals surface area contributed by atoms with Crippen LogP contribution in [-0.2, 0) is 0 Å². The molecule has 0 spiro atoms. The molecule has 0 heterocycles. The van der Waals surface area contributed by atoms with E-state index in [0.29, 0.717) is 17.7 Å². The number of ether oxygens (including phenoxy) is 1. The van der Waals surface area contributed by atoms with Crippen LogP contribution in [0.15, 0.2) is 18.2 Å². The van der Waals surface area contributed by atoms with Crippen LogP contribution in [0.1, 0.15) is 43.0 Å². The van der Waals surface area contributed by atoms with Crippen molar-refractivity contribution >= 4 is 11.7 Å². The average Bonchev–Trinajstić information content (AvgIpc) is 2.41. The molecule has 2 rings (SSSR count). The number of carboxylic acids is 1. The zero-order valence-corrected chi connectivity index (χ0v) is 11.5. The maximum atomic E-state index is 11.0. The lowest BCUT2D eigenvalue weighted by atomic mass is 9.86. The van der Waals surface area contributed by atoms with Gasteiger partial charge in [0.2, 0.25) is 0 Å². The summed E-state index contributed by atoms with van der Waals surface area (Å²) in [6.07, 6.45) is 4.86. The Kier molecular flexibility index (Phi) is 4.30. The first-order valence-electron chi connectivity index (χ1n) is 6.79. The fraction of sp³-hybridized carbons (Fsp3) is 0.533. The van der Waals surface area contributed by atoms with Gasteiger partial charge in [-0.2, -0.15) is 0 Å². The first kappa shape index (κ1) is 13.7. The molecule has 104 valence electrons. The molecule has 0 amide bonds. The van der Waals surface area contributed by atoms with Gasteiger partial charge in [0.15, 0.2) is 0 Å². The second-order valence-electron chi connectivity index (χ2n) is 5.23. The smallest absolute Gasteiger partial charge is 0.335 e. The van der Waals surface area contributed by atoms with E-state index in [0.717, 1.165) is 12.1 Å². The number of hydrogen-bond acceptors (Lipinski definition) is 3. The molecule has 0 bridgehead atoms. The van der Waals surface area contributed by atoms with Crippen molar-refractivity contribution < 1.29 is 14.6 Å². The topological polar surface area (TPSA) is 58.6 Å². The van der Waals surface area contributed by atoms with Crippen molar-refractivity contribution in [1.29, 1.82) is 0 Å². The molecule has 2 atom stereocenters. The van der Waals surface area contributed by atoms with E-state index in [-0.39, 0.29) is 5.56 Å². The predicted molar refractivity (Wildman–Crippen MR) is 75.0 cm³/mol. The summed E-state index contributed by atoms with van der Waals surface area (Å²) >= 11 is 0. The van der Waals surface area contributed by atoms with E-state index >= 15 is 0 Å². The molecule has 1 aliphatic carbocycles. The monoisotopic (exact) mass is 263 g/mol. The molecule has 1 saturated carbocycles. The van der Waals surface area contributed by atoms with Gasteiger partial charge < -0.3 is 15.2 Å². The van der Waals surface area contributed by atoms with E-state index in [1.165, 1.54) is 19.3 Å². The van der Waals surface area contributed by atoms with Gasteiger partial charge in [-0.15, -0.1) is 0 Å². The van der Waals surface area contributed by atoms with Crippen LogP contribution < -0.4 is 10.1 Å². The van der Waals surface area contributed by atoms with Crippen LogP contribution in [0.5, 0.6) is 5.75 Å². The Morgan fingerprint density at radius 3 is 2.74 bits per heavy atom. The lowest BCUT2D eigenvalue weighted by Crippen LogP contribution is -2.30. The van der Waals surface area contributed by atoms with Crippen LogP contribution in [0.4, 0.5) is 5.69 Å². The van der Waals surface area contributed by atoms with Gasteiger partial charge in [0, 0.05) is 6.04 Å². The van der Waals surface area contributed by atoms with Crippen LogP contribution in [-0.4, -0.2) is 24.2 Å². The van der Waals surface area contributed by atoms with Crippen molar-refractivity contribution in [3.8, 4) is 5.75 Å². The lowest BCUT2D eigenvalue weighted by Gasteiger charge is -2.31. The maximum Gasteiger partial charge on any atom is 0.335 e. The second-order valence-corrected chi connectivity index (χ2v) is 5.23. The number of aromatic carboxylic acids is 1. The molecule has 1 aromatic carbocycles. The Labute approximate surface area is 113 Å². The van der Waals surface area contributed by atoms with Gasteiger partial charge in [0.25, 0.3) is 0 Å². The third kappa shape index (κ3) is 3.19. The van der Waals surface area contributed by atoms with Gasteiger partial charge in [-0.3, -0.25) is 0 Å². The molecule has 4 nitrogen and oxygen atoms in total. The fourth-order valence-corrected chi connectivity index (χ4v) is 2.68. The van der Waals surface area contributed by atoms with Gasteiger partial charge in [-0.05, 0) is 37.0 Å². The first-order chi connectivity index (χ1) is 9.11. The van der Waals surface area contributed by atoms with Crippen LogP contribution in [0.25, 0.3) is 0 Å². The Morgan fingerprint density at radius 2 is 2.11 bits per heavy atom. The highest BCUT2D eigenvalue weighted by Gasteiger charge is 2.22. The molecular formula is C15H21NO3. The van der Waals surface area contributed by atoms with Crippen molar-refractivity contribution in [1.82, 2.24) is 0 Å². The van der Waals surface area contributed by atoms with Gasteiger partial charge in [-0.1, -0.05) is 19.8 Å². The molecule has 0 aromatic heterocycles. The summed E-state index contributed by atoms with van der Waals surface area (Å²) in [6, 6.07) is 5.32. The van der Waals surface area contributed by atoms with Crippen molar-refractivity contribution in [3.05, 3.63) is 23.8 Å². The maximum absolute atomic E-state index is 11.0. The molecule has 1 aliphatic rings. The Morgan fingerprint density at radius 1 is 1.37 bits per heavy atom. The highest BCUT2D eigenvalue weighted by molar-refractivity contribution is 5.89. The summed E-state index contributed by atoms with van der Waals surface area (Å²) < 4.78 is 5.30. The molecular weight excluding hydrogens is 242 g/mol. The number of anilines is 1. The molecule has 2 N–H and O–H groups in total.